The molecule has 4 heteroatoms. The number of hydrogen-bond acceptors (Lipinski definition) is 3. The summed E-state index contributed by atoms with van der Waals surface area (Å²) >= 11 is 0. The minimum absolute atomic E-state index is 0.626. The molecular formula is C13H14N2O2. The van der Waals surface area contributed by atoms with E-state index < -0.39 is 0 Å². The first-order valence-corrected chi connectivity index (χ1v) is 5.54. The second-order valence-electron chi connectivity index (χ2n) is 3.72. The van der Waals surface area contributed by atoms with Crippen molar-refractivity contribution < 1.29 is 9.53 Å². The predicted octanol–water partition coefficient (Wildman–Crippen LogP) is 2.23. The Morgan fingerprint density at radius 2 is 2.35 bits per heavy atom. The largest absolute Gasteiger partial charge is 0.494 e. The van der Waals surface area contributed by atoms with Crippen LogP contribution in [0.2, 0.25) is 0 Å². The van der Waals surface area contributed by atoms with Crippen LogP contribution >= 0.6 is 0 Å². The number of carbonyl (C=O) groups is 1. The number of aryl methyl sites for hydroxylation is 1. The second-order valence-corrected chi connectivity index (χ2v) is 3.72. The highest BCUT2D eigenvalue weighted by atomic mass is 16.5. The van der Waals surface area contributed by atoms with Gasteiger partial charge in [0.05, 0.1) is 12.9 Å². The average molecular weight is 230 g/mol. The van der Waals surface area contributed by atoms with Crippen molar-refractivity contribution in [3.05, 3.63) is 48.0 Å². The highest BCUT2D eigenvalue weighted by Gasteiger charge is 1.97. The number of nitrogens with one attached hydrogen (secondary N) is 1. The molecule has 0 aliphatic heterocycles. The summed E-state index contributed by atoms with van der Waals surface area (Å²) in [6.07, 6.45) is 6.12. The van der Waals surface area contributed by atoms with E-state index in [1.807, 2.05) is 18.3 Å². The Hall–Kier alpha value is -2.10. The summed E-state index contributed by atoms with van der Waals surface area (Å²) in [6.45, 7) is 0.626. The molecule has 0 aliphatic rings. The number of H-pyrrole nitrogens is 1. The van der Waals surface area contributed by atoms with Crippen molar-refractivity contribution in [3.8, 4) is 5.75 Å². The highest BCUT2D eigenvalue weighted by molar-refractivity contribution is 5.75. The average Bonchev–Trinajstić information content (AvgIpc) is 2.88. The third kappa shape index (κ3) is 3.45. The standard InChI is InChI=1S/C13H14N2O2/c16-9-11-3-1-5-13(7-11)17-6-2-4-12-8-14-10-15-12/h1,3,5,7-10H,2,4,6H2,(H,14,15). The summed E-state index contributed by atoms with van der Waals surface area (Å²) in [6, 6.07) is 7.16. The van der Waals surface area contributed by atoms with Crippen LogP contribution < -0.4 is 4.74 Å². The van der Waals surface area contributed by atoms with Gasteiger partial charge in [-0.1, -0.05) is 12.1 Å². The van der Waals surface area contributed by atoms with Crippen LogP contribution in [0.3, 0.4) is 0 Å². The summed E-state index contributed by atoms with van der Waals surface area (Å²) in [5.74, 6) is 0.735. The van der Waals surface area contributed by atoms with Crippen molar-refractivity contribution >= 4 is 6.29 Å². The predicted molar refractivity (Wildman–Crippen MR) is 64.2 cm³/mol. The molecule has 2 rings (SSSR count). The summed E-state index contributed by atoms with van der Waals surface area (Å²) in [5, 5.41) is 0. The van der Waals surface area contributed by atoms with Crippen LogP contribution in [0.1, 0.15) is 22.5 Å². The summed E-state index contributed by atoms with van der Waals surface area (Å²) in [7, 11) is 0. The SMILES string of the molecule is O=Cc1cccc(OCCCc2cnc[nH]2)c1. The molecule has 1 heterocycles. The second kappa shape index (κ2) is 5.84. The topological polar surface area (TPSA) is 55.0 Å². The summed E-state index contributed by atoms with van der Waals surface area (Å²) < 4.78 is 5.55. The quantitative estimate of drug-likeness (QED) is 0.611. The molecule has 0 amide bonds. The van der Waals surface area contributed by atoms with Gasteiger partial charge in [-0.05, 0) is 25.0 Å². The van der Waals surface area contributed by atoms with Crippen molar-refractivity contribution in [3.63, 3.8) is 0 Å². The van der Waals surface area contributed by atoms with E-state index in [-0.39, 0.29) is 0 Å². The third-order valence-electron chi connectivity index (χ3n) is 2.41. The Morgan fingerprint density at radius 3 is 3.12 bits per heavy atom. The van der Waals surface area contributed by atoms with Gasteiger partial charge in [0.25, 0.3) is 0 Å². The van der Waals surface area contributed by atoms with Gasteiger partial charge >= 0.3 is 0 Å². The molecule has 1 aromatic carbocycles. The molecule has 0 atom stereocenters. The maximum atomic E-state index is 10.6. The first-order chi connectivity index (χ1) is 8.38. The van der Waals surface area contributed by atoms with Crippen molar-refractivity contribution in [2.24, 2.45) is 0 Å². The molecule has 0 bridgehead atoms. The maximum absolute atomic E-state index is 10.6. The molecule has 0 saturated heterocycles. The number of imidazole rings is 1. The molecule has 4 nitrogen and oxygen atoms in total. The number of ether oxygens (including phenoxy) is 1. The molecule has 1 N–H and O–H groups in total. The number of carbonyl (C=O) groups excluding carboxylic acids is 1. The van der Waals surface area contributed by atoms with Crippen molar-refractivity contribution in [1.29, 1.82) is 0 Å². The number of nitrogens with zero attached hydrogens (tertiary/aromatic N) is 1. The zero-order chi connectivity index (χ0) is 11.9. The van der Waals surface area contributed by atoms with E-state index in [2.05, 4.69) is 9.97 Å². The van der Waals surface area contributed by atoms with E-state index >= 15 is 0 Å². The van der Waals surface area contributed by atoms with Gasteiger partial charge in [0, 0.05) is 17.5 Å². The van der Waals surface area contributed by atoms with Crippen molar-refractivity contribution in [2.75, 3.05) is 6.61 Å². The summed E-state index contributed by atoms with van der Waals surface area (Å²) in [4.78, 5) is 17.6. The molecule has 0 fully saturated rings. The Kier molecular flexibility index (Phi) is 3.91. The molecule has 0 spiro atoms. The number of hydrogen-bond donors (Lipinski definition) is 1. The van der Waals surface area contributed by atoms with Crippen LogP contribution in [0.4, 0.5) is 0 Å². The Bertz CT molecular complexity index is 466. The number of aromatic amines is 1. The van der Waals surface area contributed by atoms with E-state index in [1.54, 1.807) is 18.5 Å². The first kappa shape index (κ1) is 11.4. The monoisotopic (exact) mass is 230 g/mol. The van der Waals surface area contributed by atoms with E-state index in [0.29, 0.717) is 12.2 Å². The number of benzene rings is 1. The van der Waals surface area contributed by atoms with Gasteiger partial charge in [-0.2, -0.15) is 0 Å². The van der Waals surface area contributed by atoms with Gasteiger partial charge < -0.3 is 9.72 Å². The molecule has 0 unspecified atom stereocenters. The van der Waals surface area contributed by atoms with Crippen LogP contribution in [-0.4, -0.2) is 22.9 Å². The molecule has 88 valence electrons. The van der Waals surface area contributed by atoms with Gasteiger partial charge in [-0.25, -0.2) is 4.98 Å². The van der Waals surface area contributed by atoms with E-state index in [9.17, 15) is 4.79 Å². The Labute approximate surface area is 99.7 Å². The van der Waals surface area contributed by atoms with Crippen LogP contribution in [-0.2, 0) is 6.42 Å². The minimum Gasteiger partial charge on any atom is -0.494 e. The minimum atomic E-state index is 0.626. The van der Waals surface area contributed by atoms with Crippen molar-refractivity contribution in [1.82, 2.24) is 9.97 Å². The molecule has 2 aromatic rings. The normalized spacial score (nSPS) is 10.1. The Balaban J connectivity index is 1.76. The van der Waals surface area contributed by atoms with Crippen molar-refractivity contribution in [2.45, 2.75) is 12.8 Å². The molecular weight excluding hydrogens is 216 g/mol. The fourth-order valence-corrected chi connectivity index (χ4v) is 1.55. The van der Waals surface area contributed by atoms with Gasteiger partial charge in [0.2, 0.25) is 0 Å². The van der Waals surface area contributed by atoms with Gasteiger partial charge in [-0.15, -0.1) is 0 Å². The van der Waals surface area contributed by atoms with E-state index in [0.717, 1.165) is 30.6 Å². The van der Waals surface area contributed by atoms with E-state index in [4.69, 9.17) is 4.74 Å². The van der Waals surface area contributed by atoms with Gasteiger partial charge in [0.1, 0.15) is 12.0 Å². The van der Waals surface area contributed by atoms with E-state index in [1.165, 1.54) is 0 Å². The van der Waals surface area contributed by atoms with Crippen LogP contribution in [0.25, 0.3) is 0 Å². The fraction of sp³-hybridized carbons (Fsp3) is 0.231. The Morgan fingerprint density at radius 1 is 1.41 bits per heavy atom. The van der Waals surface area contributed by atoms with Gasteiger partial charge in [0.15, 0.2) is 0 Å². The van der Waals surface area contributed by atoms with Gasteiger partial charge in [-0.3, -0.25) is 4.79 Å². The molecule has 0 aliphatic carbocycles. The summed E-state index contributed by atoms with van der Waals surface area (Å²) in [5.41, 5.74) is 1.74. The van der Waals surface area contributed by atoms with Crippen LogP contribution in [0.5, 0.6) is 5.75 Å². The maximum Gasteiger partial charge on any atom is 0.150 e. The lowest BCUT2D eigenvalue weighted by atomic mass is 10.2. The number of aldehydes is 1. The third-order valence-corrected chi connectivity index (χ3v) is 2.41. The molecule has 17 heavy (non-hydrogen) atoms. The fourth-order valence-electron chi connectivity index (χ4n) is 1.55. The smallest absolute Gasteiger partial charge is 0.150 e. The first-order valence-electron chi connectivity index (χ1n) is 5.54. The lowest BCUT2D eigenvalue weighted by Crippen LogP contribution is -1.99. The lowest BCUT2D eigenvalue weighted by Gasteiger charge is -2.05. The molecule has 0 saturated carbocycles. The zero-order valence-corrected chi connectivity index (χ0v) is 9.43. The number of rotatable bonds is 6. The van der Waals surface area contributed by atoms with Crippen LogP contribution in [0, 0.1) is 0 Å². The molecule has 1 aromatic heterocycles. The molecule has 0 radical (unpaired) electrons. The number of aromatic nitrogens is 2. The highest BCUT2D eigenvalue weighted by Crippen LogP contribution is 2.12. The van der Waals surface area contributed by atoms with Crippen LogP contribution in [0.15, 0.2) is 36.8 Å². The zero-order valence-electron chi connectivity index (χ0n) is 9.43. The lowest BCUT2D eigenvalue weighted by molar-refractivity contribution is 0.112.